The molecule has 0 aromatic heterocycles. The van der Waals surface area contributed by atoms with Gasteiger partial charge in [-0.3, -0.25) is 0 Å². The average molecular weight is 165 g/mol. The monoisotopic (exact) mass is 165 g/mol. The van der Waals surface area contributed by atoms with Crippen LogP contribution in [0.15, 0.2) is 0 Å². The van der Waals surface area contributed by atoms with Crippen LogP contribution in [0.3, 0.4) is 0 Å². The molecular weight excluding hydrogens is 150 g/mol. The first kappa shape index (κ1) is 8.07. The summed E-state index contributed by atoms with van der Waals surface area (Å²) in [5, 5.41) is 19.3. The molecule has 0 radical (unpaired) electrons. The Kier molecular flexibility index (Phi) is 1.50. The molecule has 2 aliphatic carbocycles. The van der Waals surface area contributed by atoms with Gasteiger partial charge in [0.25, 0.3) is 0 Å². The first-order chi connectivity index (χ1) is 5.65. The Labute approximate surface area is 73.2 Å². The molecule has 0 spiro atoms. The van der Waals surface area contributed by atoms with Crippen LogP contribution in [0.25, 0.3) is 0 Å². The van der Waals surface area contributed by atoms with E-state index in [1.165, 1.54) is 0 Å². The van der Waals surface area contributed by atoms with Crippen molar-refractivity contribution in [2.45, 2.75) is 44.6 Å². The molecule has 0 bridgehead atoms. The maximum atomic E-state index is 10.2. The van der Waals surface area contributed by atoms with Crippen LogP contribution < -0.4 is 0 Å². The quantitative estimate of drug-likeness (QED) is 0.644. The lowest BCUT2D eigenvalue weighted by Gasteiger charge is -2.57. The summed E-state index contributed by atoms with van der Waals surface area (Å²) >= 11 is 0. The predicted molar refractivity (Wildman–Crippen MR) is 45.2 cm³/mol. The van der Waals surface area contributed by atoms with Crippen LogP contribution >= 0.6 is 0 Å². The van der Waals surface area contributed by atoms with Crippen LogP contribution in [0.1, 0.15) is 39.0 Å². The highest BCUT2D eigenvalue weighted by Crippen LogP contribution is 2.58. The number of rotatable bonds is 1. The van der Waals surface area contributed by atoms with Crippen molar-refractivity contribution in [1.29, 1.82) is 5.26 Å². The van der Waals surface area contributed by atoms with E-state index in [2.05, 4.69) is 13.0 Å². The van der Waals surface area contributed by atoms with Crippen molar-refractivity contribution >= 4 is 0 Å². The van der Waals surface area contributed by atoms with E-state index in [0.717, 1.165) is 32.1 Å². The summed E-state index contributed by atoms with van der Waals surface area (Å²) < 4.78 is 0. The topological polar surface area (TPSA) is 44.0 Å². The molecule has 1 N–H and O–H groups in total. The molecule has 0 amide bonds. The van der Waals surface area contributed by atoms with Crippen LogP contribution in [0.5, 0.6) is 0 Å². The van der Waals surface area contributed by atoms with Gasteiger partial charge in [-0.25, -0.2) is 0 Å². The number of aliphatic hydroxyl groups is 1. The van der Waals surface area contributed by atoms with Crippen molar-refractivity contribution in [2.24, 2.45) is 11.3 Å². The zero-order chi connectivity index (χ0) is 8.82. The number of hydrogen-bond donors (Lipinski definition) is 1. The summed E-state index contributed by atoms with van der Waals surface area (Å²) in [6.45, 7) is 2.06. The molecule has 12 heavy (non-hydrogen) atoms. The first-order valence-electron chi connectivity index (χ1n) is 4.78. The third kappa shape index (κ3) is 0.682. The molecule has 0 aromatic carbocycles. The maximum Gasteiger partial charge on any atom is 0.0862 e. The Morgan fingerprint density at radius 1 is 1.42 bits per heavy atom. The van der Waals surface area contributed by atoms with Gasteiger partial charge in [0.1, 0.15) is 0 Å². The van der Waals surface area contributed by atoms with Crippen molar-refractivity contribution in [3.05, 3.63) is 0 Å². The second-order valence-corrected chi connectivity index (χ2v) is 4.41. The summed E-state index contributed by atoms with van der Waals surface area (Å²) in [5.74, 6) is 0.331. The van der Waals surface area contributed by atoms with Gasteiger partial charge in [0.2, 0.25) is 0 Å². The lowest BCUT2D eigenvalue weighted by atomic mass is 9.49. The molecule has 2 nitrogen and oxygen atoms in total. The van der Waals surface area contributed by atoms with Gasteiger partial charge in [-0.05, 0) is 31.6 Å². The molecular formula is C10H15NO. The molecule has 0 aliphatic heterocycles. The summed E-state index contributed by atoms with van der Waals surface area (Å²) in [6, 6.07) is 2.34. The Bertz CT molecular complexity index is 239. The lowest BCUT2D eigenvalue weighted by Crippen LogP contribution is -2.60. The Hall–Kier alpha value is -0.550. The Morgan fingerprint density at radius 2 is 2.08 bits per heavy atom. The number of nitrogens with zero attached hydrogens (tertiary/aromatic N) is 1. The van der Waals surface area contributed by atoms with Crippen LogP contribution in [0.4, 0.5) is 0 Å². The van der Waals surface area contributed by atoms with Gasteiger partial charge in [0.15, 0.2) is 0 Å². The van der Waals surface area contributed by atoms with E-state index < -0.39 is 5.60 Å². The van der Waals surface area contributed by atoms with Gasteiger partial charge in [0.05, 0.1) is 17.1 Å². The van der Waals surface area contributed by atoms with Crippen LogP contribution in [0.2, 0.25) is 0 Å². The summed E-state index contributed by atoms with van der Waals surface area (Å²) in [7, 11) is 0. The smallest absolute Gasteiger partial charge is 0.0862 e. The van der Waals surface area contributed by atoms with E-state index in [1.54, 1.807) is 0 Å². The van der Waals surface area contributed by atoms with E-state index in [9.17, 15) is 5.11 Å². The van der Waals surface area contributed by atoms with E-state index >= 15 is 0 Å². The second-order valence-electron chi connectivity index (χ2n) is 4.41. The predicted octanol–water partition coefficient (Wildman–Crippen LogP) is 1.84. The molecule has 2 unspecified atom stereocenters. The highest BCUT2D eigenvalue weighted by Gasteiger charge is 2.60. The van der Waals surface area contributed by atoms with Crippen molar-refractivity contribution in [3.63, 3.8) is 0 Å². The molecule has 2 atom stereocenters. The van der Waals surface area contributed by atoms with E-state index in [0.29, 0.717) is 5.92 Å². The Morgan fingerprint density at radius 3 is 2.17 bits per heavy atom. The molecule has 0 saturated heterocycles. The van der Waals surface area contributed by atoms with Crippen LogP contribution in [0, 0.1) is 22.7 Å². The summed E-state index contributed by atoms with van der Waals surface area (Å²) in [6.07, 6.45) is 4.85. The number of hydrogen-bond acceptors (Lipinski definition) is 2. The van der Waals surface area contributed by atoms with Crippen molar-refractivity contribution in [1.82, 2.24) is 0 Å². The van der Waals surface area contributed by atoms with Gasteiger partial charge >= 0.3 is 0 Å². The molecule has 2 saturated carbocycles. The van der Waals surface area contributed by atoms with E-state index in [-0.39, 0.29) is 5.41 Å². The lowest BCUT2D eigenvalue weighted by molar-refractivity contribution is -0.184. The highest BCUT2D eigenvalue weighted by molar-refractivity contribution is 5.20. The fourth-order valence-electron chi connectivity index (χ4n) is 2.59. The van der Waals surface area contributed by atoms with Gasteiger partial charge < -0.3 is 5.11 Å². The fourth-order valence-corrected chi connectivity index (χ4v) is 2.59. The third-order valence-electron chi connectivity index (χ3n) is 4.02. The van der Waals surface area contributed by atoms with Crippen molar-refractivity contribution in [2.75, 3.05) is 0 Å². The van der Waals surface area contributed by atoms with Crippen LogP contribution in [-0.2, 0) is 0 Å². The minimum absolute atomic E-state index is 0.331. The Balaban J connectivity index is 2.22. The van der Waals surface area contributed by atoms with Gasteiger partial charge in [-0.15, -0.1) is 0 Å². The molecule has 0 aromatic rings. The normalized spacial score (nSPS) is 43.9. The first-order valence-corrected chi connectivity index (χ1v) is 4.78. The van der Waals surface area contributed by atoms with Gasteiger partial charge in [-0.1, -0.05) is 13.3 Å². The fraction of sp³-hybridized carbons (Fsp3) is 0.900. The third-order valence-corrected chi connectivity index (χ3v) is 4.02. The SMILES string of the molecule is CC1CCC1(O)C1(C#N)CCC1. The minimum Gasteiger partial charge on any atom is -0.388 e. The molecule has 66 valence electrons. The second kappa shape index (κ2) is 2.23. The molecule has 2 aliphatic rings. The molecule has 2 heteroatoms. The van der Waals surface area contributed by atoms with E-state index in [1.807, 2.05) is 0 Å². The minimum atomic E-state index is -0.639. The maximum absolute atomic E-state index is 10.2. The largest absolute Gasteiger partial charge is 0.388 e. The van der Waals surface area contributed by atoms with Crippen LogP contribution in [-0.4, -0.2) is 10.7 Å². The summed E-state index contributed by atoms with van der Waals surface area (Å²) in [4.78, 5) is 0. The van der Waals surface area contributed by atoms with Gasteiger partial charge in [0, 0.05) is 0 Å². The highest BCUT2D eigenvalue weighted by atomic mass is 16.3. The zero-order valence-corrected chi connectivity index (χ0v) is 7.51. The standard InChI is InChI=1S/C10H15NO/c1-8-3-6-10(8,12)9(7-11)4-2-5-9/h8,12H,2-6H2,1H3. The molecule has 0 heterocycles. The zero-order valence-electron chi connectivity index (χ0n) is 7.51. The van der Waals surface area contributed by atoms with E-state index in [4.69, 9.17) is 5.26 Å². The molecule has 2 fully saturated rings. The van der Waals surface area contributed by atoms with Gasteiger partial charge in [-0.2, -0.15) is 5.26 Å². The van der Waals surface area contributed by atoms with Crippen molar-refractivity contribution in [3.8, 4) is 6.07 Å². The average Bonchev–Trinajstić information content (AvgIpc) is 2.00. The number of nitriles is 1. The summed E-state index contributed by atoms with van der Waals surface area (Å²) in [5.41, 5.74) is -1.01. The molecule has 2 rings (SSSR count). The van der Waals surface area contributed by atoms with Crippen molar-refractivity contribution < 1.29 is 5.11 Å².